The topological polar surface area (TPSA) is 73.1 Å². The highest BCUT2D eigenvalue weighted by atomic mass is 16.5. The summed E-state index contributed by atoms with van der Waals surface area (Å²) < 4.78 is 5.70. The summed E-state index contributed by atoms with van der Waals surface area (Å²) in [5, 5.41) is 0. The Bertz CT molecular complexity index is 586. The van der Waals surface area contributed by atoms with Crippen LogP contribution in [0.4, 0.5) is 0 Å². The Kier molecular flexibility index (Phi) is 5.25. The molecule has 1 unspecified atom stereocenters. The minimum Gasteiger partial charge on any atom is -0.489 e. The van der Waals surface area contributed by atoms with Crippen molar-refractivity contribution >= 4 is 0 Å². The lowest BCUT2D eigenvalue weighted by Crippen LogP contribution is -2.29. The number of nitrogens with two attached hydrogens (primary N) is 1. The number of hydrogen-bond acceptors (Lipinski definition) is 5. The van der Waals surface area contributed by atoms with Crippen LogP contribution in [0.1, 0.15) is 43.5 Å². The van der Waals surface area contributed by atoms with Crippen molar-refractivity contribution in [2.45, 2.75) is 39.3 Å². The van der Waals surface area contributed by atoms with Crippen molar-refractivity contribution in [1.29, 1.82) is 0 Å². The Morgan fingerprint density at radius 2 is 2.05 bits per heavy atom. The molecule has 2 aromatic heterocycles. The average molecular weight is 286 g/mol. The first-order valence-corrected chi connectivity index (χ1v) is 7.16. The summed E-state index contributed by atoms with van der Waals surface area (Å²) >= 11 is 0. The maximum atomic E-state index is 5.77. The predicted octanol–water partition coefficient (Wildman–Crippen LogP) is 2.38. The lowest BCUT2D eigenvalue weighted by molar-refractivity contribution is 0.241. The molecule has 0 aliphatic rings. The molecule has 0 radical (unpaired) electrons. The van der Waals surface area contributed by atoms with Gasteiger partial charge in [-0.1, -0.05) is 6.92 Å². The lowest BCUT2D eigenvalue weighted by atomic mass is 9.96. The molecule has 0 saturated carbocycles. The first-order chi connectivity index (χ1) is 10.2. The number of nitrogens with one attached hydrogen (secondary N) is 1. The molecule has 2 aromatic rings. The van der Waals surface area contributed by atoms with Crippen LogP contribution in [0.15, 0.2) is 36.9 Å². The number of hydrazine groups is 1. The highest BCUT2D eigenvalue weighted by Crippen LogP contribution is 2.26. The van der Waals surface area contributed by atoms with E-state index in [-0.39, 0.29) is 12.1 Å². The molecule has 3 N–H and O–H groups in total. The highest BCUT2D eigenvalue weighted by molar-refractivity contribution is 5.37. The first kappa shape index (κ1) is 15.4. The van der Waals surface area contributed by atoms with E-state index in [9.17, 15) is 0 Å². The molecule has 0 aliphatic carbocycles. The first-order valence-electron chi connectivity index (χ1n) is 7.16. The number of rotatable bonds is 6. The van der Waals surface area contributed by atoms with Crippen LogP contribution in [0.5, 0.6) is 5.75 Å². The molecular formula is C16H22N4O. The second kappa shape index (κ2) is 7.15. The largest absolute Gasteiger partial charge is 0.489 e. The molecule has 1 atom stereocenters. The van der Waals surface area contributed by atoms with Crippen molar-refractivity contribution in [3.63, 3.8) is 0 Å². The second-order valence-electron chi connectivity index (χ2n) is 5.15. The maximum absolute atomic E-state index is 5.77. The second-order valence-corrected chi connectivity index (χ2v) is 5.15. The van der Waals surface area contributed by atoms with Gasteiger partial charge in [0.15, 0.2) is 0 Å². The molecule has 0 aromatic carbocycles. The zero-order chi connectivity index (χ0) is 15.2. The van der Waals surface area contributed by atoms with Crippen molar-refractivity contribution in [3.05, 3.63) is 53.6 Å². The van der Waals surface area contributed by atoms with Gasteiger partial charge in [0.1, 0.15) is 5.75 Å². The van der Waals surface area contributed by atoms with Crippen LogP contribution in [-0.4, -0.2) is 16.1 Å². The van der Waals surface area contributed by atoms with Crippen LogP contribution in [0, 0.1) is 0 Å². The molecule has 5 heteroatoms. The van der Waals surface area contributed by atoms with Crippen LogP contribution in [0.3, 0.4) is 0 Å². The van der Waals surface area contributed by atoms with Crippen molar-refractivity contribution in [3.8, 4) is 5.75 Å². The Hall–Kier alpha value is -1.98. The van der Waals surface area contributed by atoms with Crippen molar-refractivity contribution in [1.82, 2.24) is 15.4 Å². The molecule has 0 aliphatic heterocycles. The van der Waals surface area contributed by atoms with Gasteiger partial charge in [-0.15, -0.1) is 0 Å². The van der Waals surface area contributed by atoms with Gasteiger partial charge in [-0.3, -0.25) is 15.8 Å². The van der Waals surface area contributed by atoms with Gasteiger partial charge in [-0.05, 0) is 49.1 Å². The summed E-state index contributed by atoms with van der Waals surface area (Å²) in [6.07, 6.45) is 8.18. The molecule has 2 rings (SSSR count). The van der Waals surface area contributed by atoms with Gasteiger partial charge >= 0.3 is 0 Å². The predicted molar refractivity (Wildman–Crippen MR) is 82.8 cm³/mol. The van der Waals surface area contributed by atoms with Crippen LogP contribution < -0.4 is 16.0 Å². The number of nitrogens with zero attached hydrogens (tertiary/aromatic N) is 2. The number of aromatic nitrogens is 2. The SMILES string of the molecule is CCc1cnccc1C(NN)c1cncc(OC(C)C)c1. The Morgan fingerprint density at radius 3 is 2.71 bits per heavy atom. The van der Waals surface area contributed by atoms with Gasteiger partial charge in [0.25, 0.3) is 0 Å². The number of hydrogen-bond donors (Lipinski definition) is 2. The van der Waals surface area contributed by atoms with Crippen LogP contribution in [-0.2, 0) is 6.42 Å². The zero-order valence-corrected chi connectivity index (χ0v) is 12.7. The molecule has 2 heterocycles. The van der Waals surface area contributed by atoms with E-state index in [0.29, 0.717) is 0 Å². The quantitative estimate of drug-likeness (QED) is 0.630. The third-order valence-corrected chi connectivity index (χ3v) is 3.24. The molecule has 0 spiro atoms. The summed E-state index contributed by atoms with van der Waals surface area (Å²) in [5.41, 5.74) is 6.11. The Balaban J connectivity index is 2.37. The summed E-state index contributed by atoms with van der Waals surface area (Å²) in [4.78, 5) is 8.43. The number of pyridine rings is 2. The van der Waals surface area contributed by atoms with Crippen molar-refractivity contribution in [2.24, 2.45) is 5.84 Å². The van der Waals surface area contributed by atoms with E-state index in [1.54, 1.807) is 18.6 Å². The fraction of sp³-hybridized carbons (Fsp3) is 0.375. The number of ether oxygens (including phenoxy) is 1. The standard InChI is InChI=1S/C16H22N4O/c1-4-12-8-18-6-5-15(12)16(20-17)13-7-14(10-19-9-13)21-11(2)3/h5-11,16,20H,4,17H2,1-3H3. The average Bonchev–Trinajstić information content (AvgIpc) is 2.48. The van der Waals surface area contributed by atoms with E-state index in [1.165, 1.54) is 0 Å². The molecule has 0 saturated heterocycles. The van der Waals surface area contributed by atoms with Gasteiger partial charge in [0, 0.05) is 18.6 Å². The molecule has 21 heavy (non-hydrogen) atoms. The third kappa shape index (κ3) is 3.77. The van der Waals surface area contributed by atoms with E-state index < -0.39 is 0 Å². The smallest absolute Gasteiger partial charge is 0.138 e. The van der Waals surface area contributed by atoms with Gasteiger partial charge < -0.3 is 4.74 Å². The van der Waals surface area contributed by atoms with Crippen LogP contribution >= 0.6 is 0 Å². The minimum atomic E-state index is -0.133. The van der Waals surface area contributed by atoms with E-state index in [0.717, 1.165) is 28.9 Å². The van der Waals surface area contributed by atoms with Crippen LogP contribution in [0.25, 0.3) is 0 Å². The summed E-state index contributed by atoms with van der Waals surface area (Å²) in [6.45, 7) is 6.08. The molecule has 0 bridgehead atoms. The monoisotopic (exact) mass is 286 g/mol. The molecule has 112 valence electrons. The third-order valence-electron chi connectivity index (χ3n) is 3.24. The van der Waals surface area contributed by atoms with E-state index in [1.807, 2.05) is 32.2 Å². The fourth-order valence-corrected chi connectivity index (χ4v) is 2.31. The molecule has 0 fully saturated rings. The molecule has 5 nitrogen and oxygen atoms in total. The van der Waals surface area contributed by atoms with Gasteiger partial charge in [0.2, 0.25) is 0 Å². The normalized spacial score (nSPS) is 12.4. The van der Waals surface area contributed by atoms with E-state index >= 15 is 0 Å². The summed E-state index contributed by atoms with van der Waals surface area (Å²) in [5.74, 6) is 6.52. The summed E-state index contributed by atoms with van der Waals surface area (Å²) in [7, 11) is 0. The highest BCUT2D eigenvalue weighted by Gasteiger charge is 2.16. The van der Waals surface area contributed by atoms with E-state index in [2.05, 4.69) is 22.3 Å². The number of aryl methyl sites for hydroxylation is 1. The molecular weight excluding hydrogens is 264 g/mol. The summed E-state index contributed by atoms with van der Waals surface area (Å²) in [6, 6.07) is 3.82. The Labute approximate surface area is 125 Å². The van der Waals surface area contributed by atoms with E-state index in [4.69, 9.17) is 10.6 Å². The zero-order valence-electron chi connectivity index (χ0n) is 12.7. The van der Waals surface area contributed by atoms with Crippen LogP contribution in [0.2, 0.25) is 0 Å². The Morgan fingerprint density at radius 1 is 1.24 bits per heavy atom. The van der Waals surface area contributed by atoms with Gasteiger partial charge in [-0.25, -0.2) is 5.43 Å². The van der Waals surface area contributed by atoms with Crippen molar-refractivity contribution in [2.75, 3.05) is 0 Å². The van der Waals surface area contributed by atoms with Gasteiger partial charge in [-0.2, -0.15) is 0 Å². The molecule has 0 amide bonds. The maximum Gasteiger partial charge on any atom is 0.138 e. The fourth-order valence-electron chi connectivity index (χ4n) is 2.31. The minimum absolute atomic E-state index is 0.110. The van der Waals surface area contributed by atoms with Crippen molar-refractivity contribution < 1.29 is 4.74 Å². The van der Waals surface area contributed by atoms with Gasteiger partial charge in [0.05, 0.1) is 18.3 Å². The lowest BCUT2D eigenvalue weighted by Gasteiger charge is -2.20.